The fourth-order valence-electron chi connectivity index (χ4n) is 1.58. The Kier molecular flexibility index (Phi) is 2.86. The lowest BCUT2D eigenvalue weighted by Gasteiger charge is -2.12. The molecule has 0 unspecified atom stereocenters. The van der Waals surface area contributed by atoms with Crippen LogP contribution in [0.4, 0.5) is 24.7 Å². The van der Waals surface area contributed by atoms with Gasteiger partial charge in [-0.05, 0) is 11.6 Å². The summed E-state index contributed by atoms with van der Waals surface area (Å²) < 4.78 is 37.9. The number of hydrogen-bond donors (Lipinski definition) is 2. The Morgan fingerprint density at radius 3 is 2.17 bits per heavy atom. The molecule has 0 aliphatic heterocycles. The van der Waals surface area contributed by atoms with Crippen molar-refractivity contribution in [3.05, 3.63) is 42.1 Å². The molecule has 6 heteroatoms. The van der Waals surface area contributed by atoms with Crippen molar-refractivity contribution in [1.82, 2.24) is 4.98 Å². The second-order valence-electron chi connectivity index (χ2n) is 3.72. The summed E-state index contributed by atoms with van der Waals surface area (Å²) in [6.07, 6.45) is -4.55. The molecule has 18 heavy (non-hydrogen) atoms. The first kappa shape index (κ1) is 12.2. The number of benzene rings is 1. The van der Waals surface area contributed by atoms with E-state index in [0.29, 0.717) is 5.56 Å². The van der Waals surface area contributed by atoms with Crippen LogP contribution in [0.15, 0.2) is 36.4 Å². The molecule has 1 heterocycles. The van der Waals surface area contributed by atoms with Crippen LogP contribution >= 0.6 is 0 Å². The Labute approximate surface area is 101 Å². The number of nitrogens with zero attached hydrogens (tertiary/aromatic N) is 1. The smallest absolute Gasteiger partial charge is 0.395 e. The molecule has 2 rings (SSSR count). The fourth-order valence-corrected chi connectivity index (χ4v) is 1.58. The van der Waals surface area contributed by atoms with E-state index in [4.69, 9.17) is 11.5 Å². The van der Waals surface area contributed by atoms with Crippen molar-refractivity contribution in [2.45, 2.75) is 6.18 Å². The Hall–Kier alpha value is -2.24. The number of rotatable bonds is 1. The molecule has 1 aromatic heterocycles. The summed E-state index contributed by atoms with van der Waals surface area (Å²) in [7, 11) is 0. The van der Waals surface area contributed by atoms with Gasteiger partial charge in [0, 0.05) is 5.56 Å². The zero-order valence-electron chi connectivity index (χ0n) is 9.20. The second kappa shape index (κ2) is 4.21. The predicted octanol–water partition coefficient (Wildman–Crippen LogP) is 2.93. The van der Waals surface area contributed by atoms with E-state index in [1.54, 1.807) is 30.3 Å². The van der Waals surface area contributed by atoms with E-state index >= 15 is 0 Å². The highest BCUT2D eigenvalue weighted by Crippen LogP contribution is 2.35. The quantitative estimate of drug-likeness (QED) is 0.821. The van der Waals surface area contributed by atoms with Crippen molar-refractivity contribution in [1.29, 1.82) is 0 Å². The third-order valence-electron chi connectivity index (χ3n) is 2.46. The van der Waals surface area contributed by atoms with Gasteiger partial charge in [0.05, 0.1) is 5.69 Å². The third kappa shape index (κ3) is 2.22. The Bertz CT molecular complexity index is 565. The van der Waals surface area contributed by atoms with Crippen molar-refractivity contribution in [2.24, 2.45) is 0 Å². The number of pyridine rings is 1. The molecule has 4 N–H and O–H groups in total. The zero-order valence-corrected chi connectivity index (χ0v) is 9.20. The average molecular weight is 253 g/mol. The minimum atomic E-state index is -4.55. The monoisotopic (exact) mass is 253 g/mol. The van der Waals surface area contributed by atoms with Crippen LogP contribution in [0.5, 0.6) is 0 Å². The highest BCUT2D eigenvalue weighted by atomic mass is 19.4. The molecule has 3 nitrogen and oxygen atoms in total. The van der Waals surface area contributed by atoms with Crippen LogP contribution in [-0.2, 0) is 6.18 Å². The number of anilines is 2. The van der Waals surface area contributed by atoms with Gasteiger partial charge in [0.2, 0.25) is 0 Å². The van der Waals surface area contributed by atoms with E-state index in [1.165, 1.54) is 0 Å². The third-order valence-corrected chi connectivity index (χ3v) is 2.46. The van der Waals surface area contributed by atoms with E-state index in [2.05, 4.69) is 4.98 Å². The molecule has 0 atom stereocenters. The summed E-state index contributed by atoms with van der Waals surface area (Å²) in [4.78, 5) is 3.26. The van der Waals surface area contributed by atoms with E-state index < -0.39 is 11.9 Å². The minimum Gasteiger partial charge on any atom is -0.395 e. The molecule has 1 aromatic carbocycles. The van der Waals surface area contributed by atoms with Gasteiger partial charge in [-0.2, -0.15) is 13.2 Å². The Morgan fingerprint density at radius 2 is 1.61 bits per heavy atom. The number of nitrogens with two attached hydrogens (primary N) is 2. The van der Waals surface area contributed by atoms with Gasteiger partial charge >= 0.3 is 6.18 Å². The molecule has 2 aromatic rings. The Balaban J connectivity index is 2.64. The number of aromatic nitrogens is 1. The van der Waals surface area contributed by atoms with Crippen molar-refractivity contribution in [2.75, 3.05) is 11.5 Å². The van der Waals surface area contributed by atoms with Crippen molar-refractivity contribution < 1.29 is 13.2 Å². The van der Waals surface area contributed by atoms with Crippen LogP contribution in [0.2, 0.25) is 0 Å². The number of halogens is 3. The summed E-state index contributed by atoms with van der Waals surface area (Å²) in [5.41, 5.74) is 10.9. The Morgan fingerprint density at radius 1 is 1.00 bits per heavy atom. The standard InChI is InChI=1S/C12H10F3N3/c13-12(14,15)9-6-8(10(16)11(17)18-9)7-4-2-1-3-5-7/h1-6H,16H2,(H2,17,18). The molecule has 0 saturated carbocycles. The highest BCUT2D eigenvalue weighted by Gasteiger charge is 2.33. The van der Waals surface area contributed by atoms with Crippen molar-refractivity contribution >= 4 is 11.5 Å². The number of nitrogen functional groups attached to an aromatic ring is 2. The first-order chi connectivity index (χ1) is 8.39. The summed E-state index contributed by atoms with van der Waals surface area (Å²) in [5, 5.41) is 0. The lowest BCUT2D eigenvalue weighted by molar-refractivity contribution is -0.141. The van der Waals surface area contributed by atoms with Crippen LogP contribution < -0.4 is 11.5 Å². The van der Waals surface area contributed by atoms with Crippen molar-refractivity contribution in [3.8, 4) is 11.1 Å². The van der Waals surface area contributed by atoms with Gasteiger partial charge in [0.1, 0.15) is 11.5 Å². The number of hydrogen-bond acceptors (Lipinski definition) is 3. The average Bonchev–Trinajstić information content (AvgIpc) is 2.32. The minimum absolute atomic E-state index is 0.0502. The summed E-state index contributed by atoms with van der Waals surface area (Å²) >= 11 is 0. The van der Waals surface area contributed by atoms with E-state index in [-0.39, 0.29) is 17.1 Å². The van der Waals surface area contributed by atoms with Gasteiger partial charge < -0.3 is 11.5 Å². The normalized spacial score (nSPS) is 11.5. The predicted molar refractivity (Wildman–Crippen MR) is 63.5 cm³/mol. The molecule has 0 aliphatic rings. The van der Waals surface area contributed by atoms with Gasteiger partial charge in [-0.25, -0.2) is 4.98 Å². The lowest BCUT2D eigenvalue weighted by Crippen LogP contribution is -2.11. The van der Waals surface area contributed by atoms with Crippen LogP contribution in [0, 0.1) is 0 Å². The maximum atomic E-state index is 12.6. The van der Waals surface area contributed by atoms with Crippen LogP contribution in [0.25, 0.3) is 11.1 Å². The van der Waals surface area contributed by atoms with Crippen molar-refractivity contribution in [3.63, 3.8) is 0 Å². The van der Waals surface area contributed by atoms with Crippen LogP contribution in [-0.4, -0.2) is 4.98 Å². The second-order valence-corrected chi connectivity index (χ2v) is 3.72. The van der Waals surface area contributed by atoms with Gasteiger partial charge in [-0.1, -0.05) is 30.3 Å². The first-order valence-electron chi connectivity index (χ1n) is 5.08. The molecule has 0 radical (unpaired) electrons. The molecule has 0 fully saturated rings. The molecule has 0 saturated heterocycles. The first-order valence-corrected chi connectivity index (χ1v) is 5.08. The molecule has 0 spiro atoms. The SMILES string of the molecule is Nc1nc(C(F)(F)F)cc(-c2ccccc2)c1N. The lowest BCUT2D eigenvalue weighted by atomic mass is 10.0. The summed E-state index contributed by atoms with van der Waals surface area (Å²) in [6, 6.07) is 9.39. The summed E-state index contributed by atoms with van der Waals surface area (Å²) in [5.74, 6) is -0.316. The van der Waals surface area contributed by atoms with Gasteiger partial charge in [0.15, 0.2) is 0 Å². The fraction of sp³-hybridized carbons (Fsp3) is 0.0833. The number of alkyl halides is 3. The maximum Gasteiger partial charge on any atom is 0.433 e. The zero-order chi connectivity index (χ0) is 13.3. The van der Waals surface area contributed by atoms with Crippen LogP contribution in [0.3, 0.4) is 0 Å². The topological polar surface area (TPSA) is 64.9 Å². The van der Waals surface area contributed by atoms with Gasteiger partial charge in [-0.3, -0.25) is 0 Å². The molecule has 94 valence electrons. The molecule has 0 bridgehead atoms. The molecular weight excluding hydrogens is 243 g/mol. The highest BCUT2D eigenvalue weighted by molar-refractivity contribution is 5.82. The summed E-state index contributed by atoms with van der Waals surface area (Å²) in [6.45, 7) is 0. The van der Waals surface area contributed by atoms with Gasteiger partial charge in [0.25, 0.3) is 0 Å². The van der Waals surface area contributed by atoms with E-state index in [0.717, 1.165) is 6.07 Å². The van der Waals surface area contributed by atoms with E-state index in [1.807, 2.05) is 0 Å². The molecule has 0 aliphatic carbocycles. The van der Waals surface area contributed by atoms with Crippen LogP contribution in [0.1, 0.15) is 5.69 Å². The van der Waals surface area contributed by atoms with Gasteiger partial charge in [-0.15, -0.1) is 0 Å². The van der Waals surface area contributed by atoms with E-state index in [9.17, 15) is 13.2 Å². The maximum absolute atomic E-state index is 12.6. The largest absolute Gasteiger partial charge is 0.433 e. The molecular formula is C12H10F3N3. The molecule has 0 amide bonds.